The van der Waals surface area contributed by atoms with Crippen molar-refractivity contribution in [1.82, 2.24) is 10.2 Å². The van der Waals surface area contributed by atoms with Gasteiger partial charge in [0.05, 0.1) is 19.8 Å². The number of nitrogens with one attached hydrogen (secondary N) is 1. The van der Waals surface area contributed by atoms with Gasteiger partial charge in [0.1, 0.15) is 0 Å². The third kappa shape index (κ3) is 5.66. The molecule has 0 aliphatic carbocycles. The molecule has 1 fully saturated rings. The standard InChI is InChI=1S/C11H21N3O3.ClH/c1-8(2)14(6-10(12)15)11(16)5-9-7-17-4-3-13-9;/h8-9,13H,3-7H2,1-2H3,(H2,12,15);1H. The molecule has 1 aliphatic heterocycles. The van der Waals surface area contributed by atoms with E-state index in [4.69, 9.17) is 10.5 Å². The Morgan fingerprint density at radius 2 is 2.17 bits per heavy atom. The molecule has 1 aliphatic rings. The van der Waals surface area contributed by atoms with Gasteiger partial charge in [0, 0.05) is 25.0 Å². The van der Waals surface area contributed by atoms with Gasteiger partial charge in [-0.3, -0.25) is 9.59 Å². The number of nitrogens with two attached hydrogens (primary N) is 1. The molecule has 18 heavy (non-hydrogen) atoms. The lowest BCUT2D eigenvalue weighted by Gasteiger charge is -2.29. The van der Waals surface area contributed by atoms with Crippen molar-refractivity contribution in [3.8, 4) is 0 Å². The van der Waals surface area contributed by atoms with E-state index < -0.39 is 5.91 Å². The van der Waals surface area contributed by atoms with E-state index in [-0.39, 0.29) is 36.9 Å². The van der Waals surface area contributed by atoms with Gasteiger partial charge in [-0.15, -0.1) is 12.4 Å². The predicted molar refractivity (Wildman–Crippen MR) is 70.5 cm³/mol. The zero-order valence-electron chi connectivity index (χ0n) is 10.8. The molecule has 0 radical (unpaired) electrons. The Morgan fingerprint density at radius 3 is 2.61 bits per heavy atom. The number of amides is 2. The zero-order valence-corrected chi connectivity index (χ0v) is 11.7. The highest BCUT2D eigenvalue weighted by molar-refractivity contribution is 5.85. The summed E-state index contributed by atoms with van der Waals surface area (Å²) in [6.07, 6.45) is 0.339. The van der Waals surface area contributed by atoms with Crippen molar-refractivity contribution in [2.75, 3.05) is 26.3 Å². The molecule has 1 rings (SSSR count). The normalized spacial score (nSPS) is 19.2. The van der Waals surface area contributed by atoms with Crippen molar-refractivity contribution in [3.63, 3.8) is 0 Å². The Hall–Kier alpha value is -0.850. The summed E-state index contributed by atoms with van der Waals surface area (Å²) >= 11 is 0. The summed E-state index contributed by atoms with van der Waals surface area (Å²) in [7, 11) is 0. The van der Waals surface area contributed by atoms with Crippen molar-refractivity contribution in [1.29, 1.82) is 0 Å². The quantitative estimate of drug-likeness (QED) is 0.711. The van der Waals surface area contributed by atoms with Crippen LogP contribution in [0.15, 0.2) is 0 Å². The van der Waals surface area contributed by atoms with E-state index in [1.807, 2.05) is 13.8 Å². The molecular formula is C11H22ClN3O3. The molecule has 1 saturated heterocycles. The molecule has 6 nitrogen and oxygen atoms in total. The summed E-state index contributed by atoms with van der Waals surface area (Å²) in [5.74, 6) is -0.554. The molecule has 0 aromatic heterocycles. The van der Waals surface area contributed by atoms with Gasteiger partial charge >= 0.3 is 0 Å². The second kappa shape index (κ2) is 8.29. The number of carbonyl (C=O) groups excluding carboxylic acids is 2. The average Bonchev–Trinajstić information content (AvgIpc) is 2.26. The lowest BCUT2D eigenvalue weighted by Crippen LogP contribution is -2.48. The van der Waals surface area contributed by atoms with Crippen LogP contribution in [0.4, 0.5) is 0 Å². The number of hydrogen-bond acceptors (Lipinski definition) is 4. The van der Waals surface area contributed by atoms with Gasteiger partial charge in [0.2, 0.25) is 11.8 Å². The maximum atomic E-state index is 12.0. The first-order valence-electron chi connectivity index (χ1n) is 5.89. The van der Waals surface area contributed by atoms with E-state index in [2.05, 4.69) is 5.32 Å². The number of primary amides is 1. The van der Waals surface area contributed by atoms with Crippen LogP contribution in [0.3, 0.4) is 0 Å². The zero-order chi connectivity index (χ0) is 12.8. The van der Waals surface area contributed by atoms with Gasteiger partial charge in [0.15, 0.2) is 0 Å². The molecule has 1 unspecified atom stereocenters. The fourth-order valence-electron chi connectivity index (χ4n) is 1.81. The number of ether oxygens (including phenoxy) is 1. The highest BCUT2D eigenvalue weighted by atomic mass is 35.5. The second-order valence-corrected chi connectivity index (χ2v) is 4.51. The van der Waals surface area contributed by atoms with Gasteiger partial charge in [0.25, 0.3) is 0 Å². The highest BCUT2D eigenvalue weighted by Gasteiger charge is 2.23. The van der Waals surface area contributed by atoms with E-state index >= 15 is 0 Å². The predicted octanol–water partition coefficient (Wildman–Crippen LogP) is -0.491. The van der Waals surface area contributed by atoms with Crippen LogP contribution in [-0.2, 0) is 14.3 Å². The SMILES string of the molecule is CC(C)N(CC(N)=O)C(=O)CC1COCCN1.Cl. The number of nitrogens with zero attached hydrogens (tertiary/aromatic N) is 1. The fraction of sp³-hybridized carbons (Fsp3) is 0.818. The van der Waals surface area contributed by atoms with Crippen LogP contribution >= 0.6 is 12.4 Å². The molecule has 0 saturated carbocycles. The third-order valence-electron chi connectivity index (χ3n) is 2.69. The maximum Gasteiger partial charge on any atom is 0.237 e. The number of carbonyl (C=O) groups is 2. The summed E-state index contributed by atoms with van der Waals surface area (Å²) in [6.45, 7) is 5.69. The third-order valence-corrected chi connectivity index (χ3v) is 2.69. The van der Waals surface area contributed by atoms with Crippen molar-refractivity contribution >= 4 is 24.2 Å². The monoisotopic (exact) mass is 279 g/mol. The lowest BCUT2D eigenvalue weighted by molar-refractivity contribution is -0.137. The van der Waals surface area contributed by atoms with Crippen LogP contribution < -0.4 is 11.1 Å². The minimum absolute atomic E-state index is 0. The highest BCUT2D eigenvalue weighted by Crippen LogP contribution is 2.06. The molecule has 106 valence electrons. The van der Waals surface area contributed by atoms with E-state index in [0.717, 1.165) is 6.54 Å². The smallest absolute Gasteiger partial charge is 0.237 e. The van der Waals surface area contributed by atoms with Crippen LogP contribution in [0.5, 0.6) is 0 Å². The van der Waals surface area contributed by atoms with Crippen LogP contribution in [-0.4, -0.2) is 55.1 Å². The molecule has 7 heteroatoms. The Balaban J connectivity index is 0.00000289. The second-order valence-electron chi connectivity index (χ2n) is 4.51. The molecule has 2 amide bonds. The van der Waals surface area contributed by atoms with Gasteiger partial charge in [-0.25, -0.2) is 0 Å². The van der Waals surface area contributed by atoms with Crippen LogP contribution in [0.1, 0.15) is 20.3 Å². The molecule has 1 heterocycles. The first-order valence-corrected chi connectivity index (χ1v) is 5.89. The summed E-state index contributed by atoms with van der Waals surface area (Å²) in [4.78, 5) is 24.4. The van der Waals surface area contributed by atoms with Gasteiger partial charge in [-0.2, -0.15) is 0 Å². The van der Waals surface area contributed by atoms with E-state index in [1.165, 1.54) is 4.90 Å². The van der Waals surface area contributed by atoms with Crippen molar-refractivity contribution in [2.45, 2.75) is 32.4 Å². The molecule has 0 spiro atoms. The minimum Gasteiger partial charge on any atom is -0.378 e. The molecule has 3 N–H and O–H groups in total. The topological polar surface area (TPSA) is 84.7 Å². The summed E-state index contributed by atoms with van der Waals surface area (Å²) < 4.78 is 5.28. The van der Waals surface area contributed by atoms with Crippen molar-refractivity contribution in [2.24, 2.45) is 5.73 Å². The van der Waals surface area contributed by atoms with Crippen LogP contribution in [0, 0.1) is 0 Å². The Bertz CT molecular complexity index is 281. The Morgan fingerprint density at radius 1 is 1.50 bits per heavy atom. The number of morpholine rings is 1. The molecule has 0 aromatic carbocycles. The minimum atomic E-state index is -0.486. The van der Waals surface area contributed by atoms with Crippen molar-refractivity contribution < 1.29 is 14.3 Å². The molecule has 0 bridgehead atoms. The van der Waals surface area contributed by atoms with Gasteiger partial charge in [-0.1, -0.05) is 0 Å². The van der Waals surface area contributed by atoms with E-state index in [0.29, 0.717) is 19.6 Å². The maximum absolute atomic E-state index is 12.0. The Labute approximate surface area is 114 Å². The van der Waals surface area contributed by atoms with Crippen molar-refractivity contribution in [3.05, 3.63) is 0 Å². The van der Waals surface area contributed by atoms with Crippen LogP contribution in [0.25, 0.3) is 0 Å². The molecular weight excluding hydrogens is 258 g/mol. The van der Waals surface area contributed by atoms with Crippen LogP contribution in [0.2, 0.25) is 0 Å². The summed E-state index contributed by atoms with van der Waals surface area (Å²) in [5, 5.41) is 3.21. The number of rotatable bonds is 5. The summed E-state index contributed by atoms with van der Waals surface area (Å²) in [5.41, 5.74) is 5.13. The first kappa shape index (κ1) is 17.2. The van der Waals surface area contributed by atoms with E-state index in [9.17, 15) is 9.59 Å². The summed E-state index contributed by atoms with van der Waals surface area (Å²) in [6, 6.07) is 0.00452. The Kier molecular flexibility index (Phi) is 7.90. The lowest BCUT2D eigenvalue weighted by atomic mass is 10.1. The molecule has 0 aromatic rings. The largest absolute Gasteiger partial charge is 0.378 e. The van der Waals surface area contributed by atoms with Gasteiger partial charge in [-0.05, 0) is 13.8 Å². The van der Waals surface area contributed by atoms with E-state index in [1.54, 1.807) is 0 Å². The first-order chi connectivity index (χ1) is 8.00. The fourth-order valence-corrected chi connectivity index (χ4v) is 1.81. The van der Waals surface area contributed by atoms with Gasteiger partial charge < -0.3 is 20.7 Å². The number of hydrogen-bond donors (Lipinski definition) is 2. The molecule has 1 atom stereocenters. The number of halogens is 1. The average molecular weight is 280 g/mol.